The molecule has 96 valence electrons. The van der Waals surface area contributed by atoms with Crippen molar-refractivity contribution in [3.63, 3.8) is 0 Å². The highest BCUT2D eigenvalue weighted by molar-refractivity contribution is 8.00. The largest absolute Gasteiger partial charge is 0.478 e. The van der Waals surface area contributed by atoms with Gasteiger partial charge in [0.2, 0.25) is 5.91 Å². The molecule has 1 amide bonds. The molecule has 5 heteroatoms. The van der Waals surface area contributed by atoms with E-state index >= 15 is 0 Å². The summed E-state index contributed by atoms with van der Waals surface area (Å²) in [6.07, 6.45) is 1.91. The third kappa shape index (κ3) is 2.67. The Kier molecular flexibility index (Phi) is 3.91. The van der Waals surface area contributed by atoms with Crippen LogP contribution in [0.5, 0.6) is 0 Å². The van der Waals surface area contributed by atoms with E-state index in [4.69, 9.17) is 5.11 Å². The monoisotopic (exact) mass is 265 g/mol. The van der Waals surface area contributed by atoms with Crippen LogP contribution in [0.2, 0.25) is 0 Å². The van der Waals surface area contributed by atoms with Crippen molar-refractivity contribution in [2.45, 2.75) is 25.0 Å². The molecule has 1 saturated heterocycles. The summed E-state index contributed by atoms with van der Waals surface area (Å²) in [5, 5.41) is 11.8. The third-order valence-electron chi connectivity index (χ3n) is 2.97. The molecule has 0 saturated carbocycles. The molecule has 2 rings (SSSR count). The minimum absolute atomic E-state index is 0.0498. The molecule has 2 N–H and O–H groups in total. The van der Waals surface area contributed by atoms with E-state index in [-0.39, 0.29) is 16.7 Å². The smallest absolute Gasteiger partial charge is 0.337 e. The highest BCUT2D eigenvalue weighted by Gasteiger charge is 2.25. The van der Waals surface area contributed by atoms with Gasteiger partial charge in [-0.1, -0.05) is 12.1 Å². The van der Waals surface area contributed by atoms with Gasteiger partial charge >= 0.3 is 5.97 Å². The topological polar surface area (TPSA) is 66.4 Å². The van der Waals surface area contributed by atoms with E-state index in [1.165, 1.54) is 6.07 Å². The van der Waals surface area contributed by atoms with Crippen molar-refractivity contribution < 1.29 is 14.7 Å². The second kappa shape index (κ2) is 5.44. The van der Waals surface area contributed by atoms with Gasteiger partial charge in [-0.25, -0.2) is 4.79 Å². The second-order valence-electron chi connectivity index (χ2n) is 4.29. The van der Waals surface area contributed by atoms with E-state index in [0.717, 1.165) is 24.2 Å². The number of thioether (sulfide) groups is 1. The maximum Gasteiger partial charge on any atom is 0.337 e. The average Bonchev–Trinajstić information content (AvgIpc) is 2.85. The van der Waals surface area contributed by atoms with Crippen LogP contribution in [0.4, 0.5) is 5.69 Å². The summed E-state index contributed by atoms with van der Waals surface area (Å²) >= 11 is 1.63. The Balaban J connectivity index is 2.22. The minimum Gasteiger partial charge on any atom is -0.478 e. The summed E-state index contributed by atoms with van der Waals surface area (Å²) < 4.78 is 0. The van der Waals surface area contributed by atoms with Gasteiger partial charge in [0.05, 0.1) is 16.5 Å². The molecular formula is C13H15NO3S. The summed E-state index contributed by atoms with van der Waals surface area (Å²) in [5.41, 5.74) is 1.33. The van der Waals surface area contributed by atoms with Gasteiger partial charge in [0.15, 0.2) is 0 Å². The summed E-state index contributed by atoms with van der Waals surface area (Å²) in [6, 6.07) is 4.98. The van der Waals surface area contributed by atoms with Crippen LogP contribution < -0.4 is 5.32 Å². The number of carbonyl (C=O) groups excluding carboxylic acids is 1. The van der Waals surface area contributed by atoms with Gasteiger partial charge in [0, 0.05) is 0 Å². The van der Waals surface area contributed by atoms with Gasteiger partial charge in [-0.05, 0) is 37.1 Å². The number of carbonyl (C=O) groups is 2. The van der Waals surface area contributed by atoms with E-state index < -0.39 is 5.97 Å². The predicted octanol–water partition coefficient (Wildman–Crippen LogP) is 2.53. The number of amides is 1. The SMILES string of the molecule is Cc1cccc(C(=O)O)c1NC(=O)C1CCCS1. The molecule has 1 aromatic carbocycles. The summed E-state index contributed by atoms with van der Waals surface area (Å²) in [7, 11) is 0. The van der Waals surface area contributed by atoms with Crippen LogP contribution >= 0.6 is 11.8 Å². The predicted molar refractivity (Wildman–Crippen MR) is 72.2 cm³/mol. The number of para-hydroxylation sites is 1. The molecule has 4 nitrogen and oxygen atoms in total. The fraction of sp³-hybridized carbons (Fsp3) is 0.385. The van der Waals surface area contributed by atoms with Crippen LogP contribution in [0.25, 0.3) is 0 Å². The number of aromatic carboxylic acids is 1. The number of carboxylic acid groups (broad SMARTS) is 1. The number of hydrogen-bond donors (Lipinski definition) is 2. The first-order valence-corrected chi connectivity index (χ1v) is 6.90. The fourth-order valence-corrected chi connectivity index (χ4v) is 3.16. The summed E-state index contributed by atoms with van der Waals surface area (Å²) in [4.78, 5) is 23.1. The average molecular weight is 265 g/mol. The number of nitrogens with one attached hydrogen (secondary N) is 1. The van der Waals surface area contributed by atoms with Crippen molar-refractivity contribution in [2.75, 3.05) is 11.1 Å². The molecule has 1 aliphatic rings. The first kappa shape index (κ1) is 13.0. The lowest BCUT2D eigenvalue weighted by Gasteiger charge is -2.14. The molecule has 0 aliphatic carbocycles. The molecule has 0 radical (unpaired) electrons. The molecule has 0 spiro atoms. The first-order chi connectivity index (χ1) is 8.59. The highest BCUT2D eigenvalue weighted by atomic mass is 32.2. The Hall–Kier alpha value is -1.49. The standard InChI is InChI=1S/C13H15NO3S/c1-8-4-2-5-9(13(16)17)11(8)14-12(15)10-6-3-7-18-10/h2,4-5,10H,3,6-7H2,1H3,(H,14,15)(H,16,17). The van der Waals surface area contributed by atoms with Crippen LogP contribution in [0.3, 0.4) is 0 Å². The third-order valence-corrected chi connectivity index (χ3v) is 4.35. The molecule has 1 aliphatic heterocycles. The molecule has 0 bridgehead atoms. The molecule has 0 aromatic heterocycles. The van der Waals surface area contributed by atoms with Crippen LogP contribution in [-0.2, 0) is 4.79 Å². The number of rotatable bonds is 3. The zero-order valence-electron chi connectivity index (χ0n) is 10.1. The number of hydrogen-bond acceptors (Lipinski definition) is 3. The van der Waals surface area contributed by atoms with Gasteiger partial charge in [-0.2, -0.15) is 0 Å². The Bertz CT molecular complexity index is 481. The lowest BCUT2D eigenvalue weighted by atomic mass is 10.1. The van der Waals surface area contributed by atoms with E-state index in [0.29, 0.717) is 5.69 Å². The molecule has 1 atom stereocenters. The van der Waals surface area contributed by atoms with E-state index in [1.807, 2.05) is 0 Å². The molecule has 1 heterocycles. The van der Waals surface area contributed by atoms with Crippen LogP contribution in [0, 0.1) is 6.92 Å². The van der Waals surface area contributed by atoms with E-state index in [1.54, 1.807) is 30.8 Å². The van der Waals surface area contributed by atoms with Crippen molar-refractivity contribution >= 4 is 29.3 Å². The van der Waals surface area contributed by atoms with Crippen molar-refractivity contribution in [1.29, 1.82) is 0 Å². The van der Waals surface area contributed by atoms with Gasteiger partial charge in [0.25, 0.3) is 0 Å². The second-order valence-corrected chi connectivity index (χ2v) is 5.60. The van der Waals surface area contributed by atoms with Gasteiger partial charge < -0.3 is 10.4 Å². The Morgan fingerprint density at radius 3 is 2.83 bits per heavy atom. The molecule has 18 heavy (non-hydrogen) atoms. The van der Waals surface area contributed by atoms with Crippen molar-refractivity contribution in [2.24, 2.45) is 0 Å². The minimum atomic E-state index is -1.02. The van der Waals surface area contributed by atoms with Crippen LogP contribution in [0.15, 0.2) is 18.2 Å². The maximum atomic E-state index is 12.0. The Morgan fingerprint density at radius 1 is 1.44 bits per heavy atom. The zero-order chi connectivity index (χ0) is 13.1. The quantitative estimate of drug-likeness (QED) is 0.881. The molecule has 1 fully saturated rings. The number of aryl methyl sites for hydroxylation is 1. The first-order valence-electron chi connectivity index (χ1n) is 5.85. The highest BCUT2D eigenvalue weighted by Crippen LogP contribution is 2.28. The molecular weight excluding hydrogens is 250 g/mol. The number of carboxylic acids is 1. The number of benzene rings is 1. The van der Waals surface area contributed by atoms with Gasteiger partial charge in [-0.15, -0.1) is 11.8 Å². The Labute approximate surface area is 110 Å². The lowest BCUT2D eigenvalue weighted by Crippen LogP contribution is -2.24. The van der Waals surface area contributed by atoms with Crippen LogP contribution in [-0.4, -0.2) is 28.0 Å². The maximum absolute atomic E-state index is 12.0. The summed E-state index contributed by atoms with van der Waals surface area (Å²) in [6.45, 7) is 1.80. The van der Waals surface area contributed by atoms with Crippen molar-refractivity contribution in [1.82, 2.24) is 0 Å². The van der Waals surface area contributed by atoms with Crippen LogP contribution in [0.1, 0.15) is 28.8 Å². The zero-order valence-corrected chi connectivity index (χ0v) is 10.9. The van der Waals surface area contributed by atoms with Gasteiger partial charge in [-0.3, -0.25) is 4.79 Å². The van der Waals surface area contributed by atoms with Gasteiger partial charge in [0.1, 0.15) is 0 Å². The fourth-order valence-electron chi connectivity index (χ4n) is 2.00. The normalized spacial score (nSPS) is 18.6. The van der Waals surface area contributed by atoms with Crippen molar-refractivity contribution in [3.8, 4) is 0 Å². The van der Waals surface area contributed by atoms with Crippen molar-refractivity contribution in [3.05, 3.63) is 29.3 Å². The lowest BCUT2D eigenvalue weighted by molar-refractivity contribution is -0.115. The molecule has 1 unspecified atom stereocenters. The Morgan fingerprint density at radius 2 is 2.22 bits per heavy atom. The molecule has 1 aromatic rings. The summed E-state index contributed by atoms with van der Waals surface area (Å²) in [5.74, 6) is -0.111. The number of anilines is 1. The van der Waals surface area contributed by atoms with E-state index in [2.05, 4.69) is 5.32 Å². The van der Waals surface area contributed by atoms with E-state index in [9.17, 15) is 9.59 Å².